The number of ether oxygens (including phenoxy) is 2. The van der Waals surface area contributed by atoms with Gasteiger partial charge in [-0.05, 0) is 73.5 Å². The van der Waals surface area contributed by atoms with Crippen molar-refractivity contribution in [1.29, 1.82) is 0 Å². The van der Waals surface area contributed by atoms with E-state index >= 15 is 0 Å². The summed E-state index contributed by atoms with van der Waals surface area (Å²) in [5, 5.41) is 19.0. The number of hydrogen-bond donors (Lipinski definition) is 0. The van der Waals surface area contributed by atoms with Crippen LogP contribution in [0.4, 0.5) is 17.1 Å². The lowest BCUT2D eigenvalue weighted by atomic mass is 10.2. The van der Waals surface area contributed by atoms with Crippen molar-refractivity contribution in [1.82, 2.24) is 0 Å². The van der Waals surface area contributed by atoms with Crippen LogP contribution in [0.1, 0.15) is 48.5 Å². The van der Waals surface area contributed by atoms with Crippen LogP contribution >= 0.6 is 0 Å². The molecular weight excluding hydrogens is 434 g/mol. The van der Waals surface area contributed by atoms with Crippen LogP contribution in [0.15, 0.2) is 77.0 Å². The van der Waals surface area contributed by atoms with E-state index in [-0.39, 0.29) is 5.69 Å². The fourth-order valence-electron chi connectivity index (χ4n) is 3.13. The summed E-state index contributed by atoms with van der Waals surface area (Å²) in [6.45, 7) is 4.66. The van der Waals surface area contributed by atoms with Crippen molar-refractivity contribution in [3.05, 3.63) is 88.0 Å². The first kappa shape index (κ1) is 24.6. The third kappa shape index (κ3) is 7.23. The molecular formula is C26H27N3O5. The first-order chi connectivity index (χ1) is 16.5. The van der Waals surface area contributed by atoms with Crippen LogP contribution in [0.3, 0.4) is 0 Å². The van der Waals surface area contributed by atoms with Gasteiger partial charge >= 0.3 is 5.97 Å². The van der Waals surface area contributed by atoms with E-state index in [0.717, 1.165) is 24.2 Å². The molecule has 8 nitrogen and oxygen atoms in total. The number of aryl methyl sites for hydroxylation is 1. The van der Waals surface area contributed by atoms with Crippen molar-refractivity contribution < 1.29 is 19.2 Å². The number of nitro benzene ring substituents is 1. The smallest absolute Gasteiger partial charge is 0.343 e. The van der Waals surface area contributed by atoms with Crippen molar-refractivity contribution in [3.63, 3.8) is 0 Å². The molecule has 3 aromatic rings. The van der Waals surface area contributed by atoms with E-state index < -0.39 is 10.9 Å². The summed E-state index contributed by atoms with van der Waals surface area (Å²) in [6, 6.07) is 17.7. The molecule has 176 valence electrons. The van der Waals surface area contributed by atoms with Gasteiger partial charge in [0.1, 0.15) is 11.5 Å². The normalized spacial score (nSPS) is 10.9. The zero-order valence-corrected chi connectivity index (χ0v) is 19.3. The molecule has 0 aliphatic carbocycles. The van der Waals surface area contributed by atoms with Gasteiger partial charge < -0.3 is 9.47 Å². The van der Waals surface area contributed by atoms with E-state index in [9.17, 15) is 14.9 Å². The average Bonchev–Trinajstić information content (AvgIpc) is 2.84. The molecule has 0 saturated heterocycles. The molecule has 8 heteroatoms. The van der Waals surface area contributed by atoms with E-state index in [2.05, 4.69) is 17.2 Å². The van der Waals surface area contributed by atoms with E-state index in [1.165, 1.54) is 37.1 Å². The van der Waals surface area contributed by atoms with Gasteiger partial charge in [0.15, 0.2) is 0 Å². The molecule has 0 heterocycles. The summed E-state index contributed by atoms with van der Waals surface area (Å²) in [5.41, 5.74) is 2.28. The third-order valence-electron chi connectivity index (χ3n) is 5.07. The summed E-state index contributed by atoms with van der Waals surface area (Å²) in [7, 11) is 0. The highest BCUT2D eigenvalue weighted by molar-refractivity contribution is 5.91. The number of carbonyl (C=O) groups is 1. The zero-order chi connectivity index (χ0) is 24.3. The number of nitrogens with zero attached hydrogens (tertiary/aromatic N) is 3. The van der Waals surface area contributed by atoms with E-state index in [1.807, 2.05) is 6.92 Å². The van der Waals surface area contributed by atoms with Crippen molar-refractivity contribution in [2.75, 3.05) is 6.61 Å². The third-order valence-corrected chi connectivity index (χ3v) is 5.07. The van der Waals surface area contributed by atoms with Crippen LogP contribution in [0.25, 0.3) is 0 Å². The second kappa shape index (κ2) is 12.2. The monoisotopic (exact) mass is 461 g/mol. The standard InChI is InChI=1S/C26H27N3O5/c1-3-4-5-6-17-33-23-13-7-20(8-14-23)26(30)34-24-15-16-25(19(2)18-24)28-27-21-9-11-22(12-10-21)29(31)32/h7-16,18H,3-6,17H2,1-2H3. The summed E-state index contributed by atoms with van der Waals surface area (Å²) in [6.07, 6.45) is 4.56. The van der Waals surface area contributed by atoms with Gasteiger partial charge in [-0.1, -0.05) is 26.2 Å². The van der Waals surface area contributed by atoms with Crippen LogP contribution in [-0.4, -0.2) is 17.5 Å². The maximum atomic E-state index is 12.5. The number of non-ortho nitro benzene ring substituents is 1. The Balaban J connectivity index is 1.56. The minimum Gasteiger partial charge on any atom is -0.494 e. The van der Waals surface area contributed by atoms with E-state index in [4.69, 9.17) is 9.47 Å². The zero-order valence-electron chi connectivity index (χ0n) is 19.3. The molecule has 0 fully saturated rings. The van der Waals surface area contributed by atoms with Crippen molar-refractivity contribution in [3.8, 4) is 11.5 Å². The highest BCUT2D eigenvalue weighted by Crippen LogP contribution is 2.27. The Hall–Kier alpha value is -4.07. The topological polar surface area (TPSA) is 103 Å². The maximum Gasteiger partial charge on any atom is 0.343 e. The number of hydrogen-bond acceptors (Lipinski definition) is 7. The lowest BCUT2D eigenvalue weighted by molar-refractivity contribution is -0.384. The SMILES string of the molecule is CCCCCCOc1ccc(C(=O)Oc2ccc(N=Nc3ccc([N+](=O)[O-])cc3)c(C)c2)cc1. The number of esters is 1. The van der Waals surface area contributed by atoms with Gasteiger partial charge in [-0.15, -0.1) is 0 Å². The van der Waals surface area contributed by atoms with Crippen molar-refractivity contribution >= 4 is 23.0 Å². The van der Waals surface area contributed by atoms with Crippen molar-refractivity contribution in [2.24, 2.45) is 10.2 Å². The van der Waals surface area contributed by atoms with Gasteiger partial charge in [0.05, 0.1) is 28.5 Å². The molecule has 34 heavy (non-hydrogen) atoms. The van der Waals surface area contributed by atoms with E-state index in [0.29, 0.717) is 29.3 Å². The summed E-state index contributed by atoms with van der Waals surface area (Å²) in [4.78, 5) is 22.7. The minimum atomic E-state index is -0.469. The van der Waals surface area contributed by atoms with Crippen LogP contribution in [0, 0.1) is 17.0 Å². The molecule has 0 N–H and O–H groups in total. The Morgan fingerprint density at radius 1 is 0.912 bits per heavy atom. The second-order valence-electron chi connectivity index (χ2n) is 7.74. The summed E-state index contributed by atoms with van der Waals surface area (Å²) >= 11 is 0. The molecule has 3 rings (SSSR count). The molecule has 0 amide bonds. The molecule has 0 unspecified atom stereocenters. The number of azo groups is 1. The van der Waals surface area contributed by atoms with Crippen LogP contribution < -0.4 is 9.47 Å². The highest BCUT2D eigenvalue weighted by Gasteiger charge is 2.10. The molecule has 0 radical (unpaired) electrons. The fourth-order valence-corrected chi connectivity index (χ4v) is 3.13. The number of unbranched alkanes of at least 4 members (excludes halogenated alkanes) is 3. The molecule has 0 spiro atoms. The lowest BCUT2D eigenvalue weighted by Crippen LogP contribution is -2.08. The van der Waals surface area contributed by atoms with Gasteiger partial charge in [-0.2, -0.15) is 10.2 Å². The molecule has 0 atom stereocenters. The van der Waals surface area contributed by atoms with Crippen molar-refractivity contribution in [2.45, 2.75) is 39.5 Å². The number of rotatable bonds is 11. The van der Waals surface area contributed by atoms with E-state index in [1.54, 1.807) is 42.5 Å². The second-order valence-corrected chi connectivity index (χ2v) is 7.74. The number of benzene rings is 3. The molecule has 3 aromatic carbocycles. The molecule has 0 aromatic heterocycles. The summed E-state index contributed by atoms with van der Waals surface area (Å²) in [5.74, 6) is 0.661. The first-order valence-corrected chi connectivity index (χ1v) is 11.2. The van der Waals surface area contributed by atoms with Gasteiger partial charge in [0.2, 0.25) is 0 Å². The Morgan fingerprint density at radius 3 is 2.26 bits per heavy atom. The maximum absolute atomic E-state index is 12.5. The predicted octanol–water partition coefficient (Wildman–Crippen LogP) is 7.50. The Bertz CT molecular complexity index is 1140. The Kier molecular flexibility index (Phi) is 8.85. The lowest BCUT2D eigenvalue weighted by Gasteiger charge is -2.08. The molecule has 0 saturated carbocycles. The Labute approximate surface area is 198 Å². The largest absolute Gasteiger partial charge is 0.494 e. The average molecular weight is 462 g/mol. The first-order valence-electron chi connectivity index (χ1n) is 11.2. The highest BCUT2D eigenvalue weighted by atomic mass is 16.6. The molecule has 0 aliphatic heterocycles. The molecule has 0 bridgehead atoms. The van der Waals surface area contributed by atoms with Gasteiger partial charge in [0, 0.05) is 12.1 Å². The quantitative estimate of drug-likeness (QED) is 0.0734. The van der Waals surface area contributed by atoms with Crippen LogP contribution in [0.2, 0.25) is 0 Å². The van der Waals surface area contributed by atoms with Gasteiger partial charge in [-0.25, -0.2) is 4.79 Å². The molecule has 0 aliphatic rings. The number of carbonyl (C=O) groups excluding carboxylic acids is 1. The van der Waals surface area contributed by atoms with Crippen LogP contribution in [0.5, 0.6) is 11.5 Å². The number of nitro groups is 1. The van der Waals surface area contributed by atoms with Gasteiger partial charge in [0.25, 0.3) is 5.69 Å². The fraction of sp³-hybridized carbons (Fsp3) is 0.269. The predicted molar refractivity (Wildman–Crippen MR) is 129 cm³/mol. The minimum absolute atomic E-state index is 0.00845. The van der Waals surface area contributed by atoms with Crippen LogP contribution in [-0.2, 0) is 0 Å². The summed E-state index contributed by atoms with van der Waals surface area (Å²) < 4.78 is 11.2. The van der Waals surface area contributed by atoms with Gasteiger partial charge in [-0.3, -0.25) is 10.1 Å². The Morgan fingerprint density at radius 2 is 1.62 bits per heavy atom.